The van der Waals surface area contributed by atoms with Gasteiger partial charge in [0.25, 0.3) is 5.91 Å². The van der Waals surface area contributed by atoms with Gasteiger partial charge in [0.1, 0.15) is 23.7 Å². The van der Waals surface area contributed by atoms with Crippen molar-refractivity contribution in [3.63, 3.8) is 0 Å². The lowest BCUT2D eigenvalue weighted by atomic mass is 9.81. The van der Waals surface area contributed by atoms with Crippen LogP contribution in [0.4, 0.5) is 13.2 Å². The summed E-state index contributed by atoms with van der Waals surface area (Å²) in [6.07, 6.45) is 5.59. The number of fused-ring (bicyclic) bond motifs is 4. The molecular weight excluding hydrogens is 457 g/mol. The molecule has 4 heterocycles. The Labute approximate surface area is 199 Å². The maximum atomic E-state index is 14.8. The minimum absolute atomic E-state index is 0.0308. The molecular formula is C26H21F3N4O2. The van der Waals surface area contributed by atoms with Crippen molar-refractivity contribution in [2.45, 2.75) is 37.8 Å². The second-order valence-corrected chi connectivity index (χ2v) is 9.01. The quantitative estimate of drug-likeness (QED) is 0.393. The monoisotopic (exact) mass is 478 g/mol. The molecule has 6 nitrogen and oxygen atoms in total. The average molecular weight is 478 g/mol. The SMILES string of the molecule is Cn1nc2c(c1-c1cc(F)cc(F)c1)CC1CCCC2N1C(=O)c1cccc(F)c1-c1ncco1. The van der Waals surface area contributed by atoms with Gasteiger partial charge in [-0.25, -0.2) is 18.2 Å². The fraction of sp³-hybridized carbons (Fsp3) is 0.269. The number of oxazole rings is 1. The Balaban J connectivity index is 1.45. The number of hydrogen-bond acceptors (Lipinski definition) is 4. The summed E-state index contributed by atoms with van der Waals surface area (Å²) in [6.45, 7) is 0. The molecule has 0 N–H and O–H groups in total. The van der Waals surface area contributed by atoms with Crippen molar-refractivity contribution in [2.75, 3.05) is 0 Å². The van der Waals surface area contributed by atoms with Gasteiger partial charge in [-0.3, -0.25) is 9.48 Å². The first kappa shape index (κ1) is 21.6. The molecule has 6 rings (SSSR count). The molecule has 2 unspecified atom stereocenters. The first-order valence-corrected chi connectivity index (χ1v) is 11.5. The molecule has 2 aliphatic rings. The number of nitrogens with zero attached hydrogens (tertiary/aromatic N) is 4. The standard InChI is InChI=1S/C26H21F3N4O2/c1-32-24(14-10-15(27)12-16(28)11-14)19-13-17-4-2-7-21(23(19)31-32)33(17)26(34)18-5-3-6-20(29)22(18)25-30-8-9-35-25/h3,5-6,8-12,17,21H,2,4,7,13H2,1H3. The van der Waals surface area contributed by atoms with Crippen LogP contribution in [0.1, 0.15) is 46.9 Å². The number of amides is 1. The molecule has 0 saturated carbocycles. The summed E-state index contributed by atoms with van der Waals surface area (Å²) in [6, 6.07) is 7.29. The lowest BCUT2D eigenvalue weighted by Crippen LogP contribution is -2.50. The summed E-state index contributed by atoms with van der Waals surface area (Å²) in [5, 5.41) is 4.70. The zero-order chi connectivity index (χ0) is 24.3. The first-order valence-electron chi connectivity index (χ1n) is 11.5. The molecule has 2 aromatic carbocycles. The fourth-order valence-corrected chi connectivity index (χ4v) is 5.61. The fourth-order valence-electron chi connectivity index (χ4n) is 5.61. The molecule has 2 aliphatic heterocycles. The third-order valence-electron chi connectivity index (χ3n) is 6.94. The van der Waals surface area contributed by atoms with E-state index in [2.05, 4.69) is 4.98 Å². The van der Waals surface area contributed by atoms with Gasteiger partial charge in [0, 0.05) is 30.3 Å². The van der Waals surface area contributed by atoms with E-state index in [4.69, 9.17) is 9.52 Å². The van der Waals surface area contributed by atoms with E-state index in [1.165, 1.54) is 36.7 Å². The predicted octanol–water partition coefficient (Wildman–Crippen LogP) is 5.45. The second-order valence-electron chi connectivity index (χ2n) is 9.01. The largest absolute Gasteiger partial charge is 0.444 e. The van der Waals surface area contributed by atoms with Gasteiger partial charge in [-0.05, 0) is 49.9 Å². The normalized spacial score (nSPS) is 19.0. The van der Waals surface area contributed by atoms with Crippen molar-refractivity contribution in [1.29, 1.82) is 0 Å². The van der Waals surface area contributed by atoms with Crippen LogP contribution < -0.4 is 0 Å². The Bertz CT molecular complexity index is 1430. The molecule has 1 fully saturated rings. The van der Waals surface area contributed by atoms with Crippen LogP contribution >= 0.6 is 0 Å². The van der Waals surface area contributed by atoms with Gasteiger partial charge in [0.15, 0.2) is 0 Å². The Morgan fingerprint density at radius 2 is 1.91 bits per heavy atom. The average Bonchev–Trinajstić information content (AvgIpc) is 3.45. The topological polar surface area (TPSA) is 64.2 Å². The molecule has 2 atom stereocenters. The number of hydrogen-bond donors (Lipinski definition) is 0. The lowest BCUT2D eigenvalue weighted by molar-refractivity contribution is 0.0392. The number of benzene rings is 2. The van der Waals surface area contributed by atoms with Crippen molar-refractivity contribution in [1.82, 2.24) is 19.7 Å². The highest BCUT2D eigenvalue weighted by Crippen LogP contribution is 2.45. The van der Waals surface area contributed by atoms with Gasteiger partial charge in [-0.15, -0.1) is 0 Å². The number of aromatic nitrogens is 3. The Morgan fingerprint density at radius 1 is 1.11 bits per heavy atom. The van der Waals surface area contributed by atoms with Crippen LogP contribution in [0.3, 0.4) is 0 Å². The summed E-state index contributed by atoms with van der Waals surface area (Å²) in [7, 11) is 1.74. The molecule has 0 aliphatic carbocycles. The van der Waals surface area contributed by atoms with Gasteiger partial charge < -0.3 is 9.32 Å². The Kier molecular flexibility index (Phi) is 5.01. The molecule has 1 amide bonds. The van der Waals surface area contributed by atoms with Crippen molar-refractivity contribution < 1.29 is 22.4 Å². The molecule has 9 heteroatoms. The van der Waals surface area contributed by atoms with E-state index in [0.717, 1.165) is 24.5 Å². The van der Waals surface area contributed by atoms with E-state index in [1.54, 1.807) is 22.7 Å². The molecule has 2 aromatic heterocycles. The molecule has 2 bridgehead atoms. The first-order chi connectivity index (χ1) is 16.9. The summed E-state index contributed by atoms with van der Waals surface area (Å²) >= 11 is 0. The van der Waals surface area contributed by atoms with Crippen LogP contribution in [0.15, 0.2) is 53.3 Å². The summed E-state index contributed by atoms with van der Waals surface area (Å²) in [5.41, 5.74) is 2.87. The molecule has 0 spiro atoms. The Morgan fingerprint density at radius 3 is 2.66 bits per heavy atom. The number of rotatable bonds is 3. The summed E-state index contributed by atoms with van der Waals surface area (Å²) < 4.78 is 49.8. The van der Waals surface area contributed by atoms with Crippen LogP contribution in [0.5, 0.6) is 0 Å². The molecule has 35 heavy (non-hydrogen) atoms. The maximum absolute atomic E-state index is 14.8. The van der Waals surface area contributed by atoms with Gasteiger partial charge >= 0.3 is 0 Å². The van der Waals surface area contributed by atoms with E-state index >= 15 is 0 Å². The zero-order valence-corrected chi connectivity index (χ0v) is 18.8. The van der Waals surface area contributed by atoms with E-state index in [1.807, 2.05) is 0 Å². The van der Waals surface area contributed by atoms with E-state index in [9.17, 15) is 18.0 Å². The third kappa shape index (κ3) is 3.45. The maximum Gasteiger partial charge on any atom is 0.255 e. The van der Waals surface area contributed by atoms with Crippen LogP contribution in [-0.2, 0) is 13.5 Å². The van der Waals surface area contributed by atoms with E-state index in [-0.39, 0.29) is 35.0 Å². The highest BCUT2D eigenvalue weighted by molar-refractivity contribution is 6.00. The molecule has 1 saturated heterocycles. The predicted molar refractivity (Wildman–Crippen MR) is 121 cm³/mol. The number of carbonyl (C=O) groups excluding carboxylic acids is 1. The zero-order valence-electron chi connectivity index (χ0n) is 18.8. The minimum Gasteiger partial charge on any atom is -0.444 e. The van der Waals surface area contributed by atoms with Crippen molar-refractivity contribution in [3.05, 3.63) is 83.1 Å². The van der Waals surface area contributed by atoms with Gasteiger partial charge in [0.05, 0.1) is 34.8 Å². The van der Waals surface area contributed by atoms with Gasteiger partial charge in [-0.2, -0.15) is 5.10 Å². The van der Waals surface area contributed by atoms with Gasteiger partial charge in [-0.1, -0.05) is 6.07 Å². The third-order valence-corrected chi connectivity index (χ3v) is 6.94. The molecule has 178 valence electrons. The van der Waals surface area contributed by atoms with Gasteiger partial charge in [0.2, 0.25) is 5.89 Å². The van der Waals surface area contributed by atoms with Crippen molar-refractivity contribution in [2.24, 2.45) is 7.05 Å². The van der Waals surface area contributed by atoms with Crippen molar-refractivity contribution >= 4 is 5.91 Å². The van der Waals surface area contributed by atoms with Crippen LogP contribution in [-0.4, -0.2) is 31.6 Å². The highest BCUT2D eigenvalue weighted by atomic mass is 19.1. The van der Waals surface area contributed by atoms with Crippen LogP contribution in [0.25, 0.3) is 22.7 Å². The highest BCUT2D eigenvalue weighted by Gasteiger charge is 2.44. The minimum atomic E-state index is -0.659. The number of piperidine rings is 1. The van der Waals surface area contributed by atoms with E-state index in [0.29, 0.717) is 29.8 Å². The number of aryl methyl sites for hydroxylation is 1. The van der Waals surface area contributed by atoms with Crippen LogP contribution in [0.2, 0.25) is 0 Å². The summed E-state index contributed by atoms with van der Waals surface area (Å²) in [4.78, 5) is 19.7. The van der Waals surface area contributed by atoms with Crippen molar-refractivity contribution in [3.8, 4) is 22.7 Å². The molecule has 0 radical (unpaired) electrons. The van der Waals surface area contributed by atoms with Crippen LogP contribution in [0, 0.1) is 17.5 Å². The smallest absolute Gasteiger partial charge is 0.255 e. The molecule has 4 aromatic rings. The van der Waals surface area contributed by atoms with E-state index < -0.39 is 17.5 Å². The number of carbonyl (C=O) groups is 1. The lowest BCUT2D eigenvalue weighted by Gasteiger charge is -2.45. The Hall–Kier alpha value is -3.88. The number of halogens is 3. The summed E-state index contributed by atoms with van der Waals surface area (Å²) in [5.74, 6) is -2.18. The second kappa shape index (κ2) is 8.11.